The summed E-state index contributed by atoms with van der Waals surface area (Å²) in [4.78, 5) is 13.1. The topological polar surface area (TPSA) is 61.8 Å². The number of nitrogens with zero attached hydrogens (tertiary/aromatic N) is 1. The Morgan fingerprint density at radius 2 is 2.10 bits per heavy atom. The van der Waals surface area contributed by atoms with E-state index in [9.17, 15) is 18.7 Å². The van der Waals surface area contributed by atoms with Gasteiger partial charge in [0, 0.05) is 30.4 Å². The molecule has 1 heterocycles. The third kappa shape index (κ3) is 3.01. The molecule has 7 heteroatoms. The van der Waals surface area contributed by atoms with Crippen LogP contribution in [0, 0.1) is 0 Å². The number of anilines is 1. The lowest BCUT2D eigenvalue weighted by Crippen LogP contribution is -2.49. The van der Waals surface area contributed by atoms with Crippen molar-refractivity contribution in [1.29, 1.82) is 0 Å². The van der Waals surface area contributed by atoms with Gasteiger partial charge in [-0.15, -0.1) is 0 Å². The highest BCUT2D eigenvalue weighted by Gasteiger charge is 2.47. The molecule has 116 valence electrons. The lowest BCUT2D eigenvalue weighted by atomic mass is 9.98. The average Bonchev–Trinajstić information content (AvgIpc) is 2.44. The van der Waals surface area contributed by atoms with Crippen LogP contribution in [0.5, 0.6) is 5.75 Å². The molecular formula is C14H18F2N2O3. The van der Waals surface area contributed by atoms with E-state index < -0.39 is 24.7 Å². The lowest BCUT2D eigenvalue weighted by Gasteiger charge is -2.32. The molecule has 1 aliphatic heterocycles. The van der Waals surface area contributed by atoms with Gasteiger partial charge in [0.2, 0.25) is 0 Å². The number of rotatable bonds is 4. The van der Waals surface area contributed by atoms with Crippen LogP contribution < -0.4 is 10.2 Å². The fourth-order valence-corrected chi connectivity index (χ4v) is 2.38. The van der Waals surface area contributed by atoms with Gasteiger partial charge >= 0.3 is 12.0 Å². The summed E-state index contributed by atoms with van der Waals surface area (Å²) in [5, 5.41) is 12.1. The van der Waals surface area contributed by atoms with Gasteiger partial charge in [-0.3, -0.25) is 0 Å². The molecule has 1 aromatic carbocycles. The van der Waals surface area contributed by atoms with E-state index in [1.165, 1.54) is 12.1 Å². The van der Waals surface area contributed by atoms with Crippen LogP contribution in [0.3, 0.4) is 0 Å². The first-order valence-electron chi connectivity index (χ1n) is 6.78. The smallest absolute Gasteiger partial charge is 0.408 e. The fraction of sp³-hybridized carbons (Fsp3) is 0.500. The molecule has 0 aromatic heterocycles. The van der Waals surface area contributed by atoms with E-state index in [0.717, 1.165) is 18.8 Å². The van der Waals surface area contributed by atoms with E-state index in [4.69, 9.17) is 0 Å². The Labute approximate surface area is 121 Å². The number of phenolic OH excluding ortho intramolecular Hbond substituents is 1. The van der Waals surface area contributed by atoms with Crippen molar-refractivity contribution in [3.05, 3.63) is 23.8 Å². The van der Waals surface area contributed by atoms with Crippen LogP contribution in [-0.2, 0) is 4.74 Å². The van der Waals surface area contributed by atoms with E-state index in [1.807, 2.05) is 18.7 Å². The molecule has 0 unspecified atom stereocenters. The highest BCUT2D eigenvalue weighted by Crippen LogP contribution is 2.39. The Morgan fingerprint density at radius 3 is 2.67 bits per heavy atom. The monoisotopic (exact) mass is 300 g/mol. The van der Waals surface area contributed by atoms with Gasteiger partial charge in [-0.2, -0.15) is 0 Å². The molecule has 0 spiro atoms. The molecule has 0 saturated carbocycles. The molecule has 1 saturated heterocycles. The first kappa shape index (κ1) is 15.3. The Hall–Kier alpha value is -2.05. The number of alkyl carbamates (subject to hydrolysis) is 1. The summed E-state index contributed by atoms with van der Waals surface area (Å²) in [6, 6.07) is 2.90. The highest BCUT2D eigenvalue weighted by atomic mass is 19.3. The van der Waals surface area contributed by atoms with E-state index in [0.29, 0.717) is 0 Å². The van der Waals surface area contributed by atoms with Crippen molar-refractivity contribution < 1.29 is 23.4 Å². The van der Waals surface area contributed by atoms with E-state index in [-0.39, 0.29) is 11.3 Å². The quantitative estimate of drug-likeness (QED) is 0.897. The maximum Gasteiger partial charge on any atom is 0.408 e. The molecule has 1 amide bonds. The third-order valence-corrected chi connectivity index (χ3v) is 3.53. The number of aromatic hydroxyl groups is 1. The molecule has 1 aliphatic rings. The predicted octanol–water partition coefficient (Wildman–Crippen LogP) is 2.65. The van der Waals surface area contributed by atoms with Crippen molar-refractivity contribution in [2.75, 3.05) is 24.6 Å². The number of hydrogen-bond donors (Lipinski definition) is 2. The minimum atomic E-state index is -3.28. The minimum Gasteiger partial charge on any atom is -0.508 e. The summed E-state index contributed by atoms with van der Waals surface area (Å²) in [5.41, 5.74) is 0.718. The first-order chi connectivity index (χ1) is 9.89. The zero-order chi connectivity index (χ0) is 15.6. The van der Waals surface area contributed by atoms with Crippen LogP contribution in [0.25, 0.3) is 0 Å². The minimum absolute atomic E-state index is 0.0208. The Bertz CT molecular complexity index is 533. The molecule has 1 aromatic rings. The van der Waals surface area contributed by atoms with Crippen LogP contribution in [0.1, 0.15) is 25.5 Å². The number of nitrogens with one attached hydrogen (secondary N) is 1. The van der Waals surface area contributed by atoms with Crippen LogP contribution in [-0.4, -0.2) is 36.8 Å². The standard InChI is InChI=1S/C14H18F2N2O3/c1-3-18(4-2)9-5-6-10(11(19)7-9)12-14(15,16)8-21-13(20)17-12/h5-7,12,19H,3-4,8H2,1-2H3,(H,17,20)/t12-/m1/s1. The van der Waals surface area contributed by atoms with Crippen LogP contribution in [0.15, 0.2) is 18.2 Å². The van der Waals surface area contributed by atoms with Gasteiger partial charge in [-0.25, -0.2) is 13.6 Å². The summed E-state index contributed by atoms with van der Waals surface area (Å²) in [6.45, 7) is 4.39. The molecular weight excluding hydrogens is 282 g/mol. The van der Waals surface area contributed by atoms with Crippen LogP contribution in [0.2, 0.25) is 0 Å². The molecule has 21 heavy (non-hydrogen) atoms. The van der Waals surface area contributed by atoms with Crippen molar-refractivity contribution in [1.82, 2.24) is 5.32 Å². The van der Waals surface area contributed by atoms with E-state index in [1.54, 1.807) is 6.07 Å². The fourth-order valence-electron chi connectivity index (χ4n) is 2.38. The van der Waals surface area contributed by atoms with Crippen molar-refractivity contribution in [2.24, 2.45) is 0 Å². The SMILES string of the molecule is CCN(CC)c1ccc([C@H]2NC(=O)OCC2(F)F)c(O)c1. The second kappa shape index (κ2) is 5.75. The molecule has 1 fully saturated rings. The van der Waals surface area contributed by atoms with Gasteiger partial charge in [0.05, 0.1) is 0 Å². The summed E-state index contributed by atoms with van der Waals surface area (Å²) >= 11 is 0. The molecule has 0 bridgehead atoms. The number of carbonyl (C=O) groups is 1. The molecule has 2 N–H and O–H groups in total. The first-order valence-corrected chi connectivity index (χ1v) is 6.78. The summed E-state index contributed by atoms with van der Waals surface area (Å²) < 4.78 is 32.0. The zero-order valence-corrected chi connectivity index (χ0v) is 11.9. The van der Waals surface area contributed by atoms with Gasteiger partial charge < -0.3 is 20.1 Å². The Morgan fingerprint density at radius 1 is 1.43 bits per heavy atom. The van der Waals surface area contributed by atoms with Crippen LogP contribution in [0.4, 0.5) is 19.3 Å². The van der Waals surface area contributed by atoms with Gasteiger partial charge in [0.25, 0.3) is 0 Å². The highest BCUT2D eigenvalue weighted by molar-refractivity contribution is 5.70. The summed E-state index contributed by atoms with van der Waals surface area (Å²) in [5.74, 6) is -3.55. The van der Waals surface area contributed by atoms with Gasteiger partial charge in [-0.05, 0) is 19.9 Å². The van der Waals surface area contributed by atoms with E-state index >= 15 is 0 Å². The number of hydrogen-bond acceptors (Lipinski definition) is 4. The van der Waals surface area contributed by atoms with E-state index in [2.05, 4.69) is 10.1 Å². The number of amides is 1. The zero-order valence-electron chi connectivity index (χ0n) is 11.9. The lowest BCUT2D eigenvalue weighted by molar-refractivity contribution is -0.104. The second-order valence-corrected chi connectivity index (χ2v) is 4.83. The number of cyclic esters (lactones) is 1. The largest absolute Gasteiger partial charge is 0.508 e. The molecule has 1 atom stereocenters. The number of carbonyl (C=O) groups excluding carboxylic acids is 1. The van der Waals surface area contributed by atoms with Crippen molar-refractivity contribution >= 4 is 11.8 Å². The normalized spacial score (nSPS) is 20.6. The van der Waals surface area contributed by atoms with Crippen molar-refractivity contribution in [3.63, 3.8) is 0 Å². The summed E-state index contributed by atoms with van der Waals surface area (Å²) in [6.07, 6.45) is -0.918. The summed E-state index contributed by atoms with van der Waals surface area (Å²) in [7, 11) is 0. The number of ether oxygens (including phenoxy) is 1. The molecule has 5 nitrogen and oxygen atoms in total. The van der Waals surface area contributed by atoms with Gasteiger partial charge in [0.1, 0.15) is 11.8 Å². The molecule has 2 rings (SSSR count). The molecule has 0 radical (unpaired) electrons. The number of halogens is 2. The number of benzene rings is 1. The van der Waals surface area contributed by atoms with Gasteiger partial charge in [0.15, 0.2) is 6.61 Å². The number of alkyl halides is 2. The predicted molar refractivity (Wildman–Crippen MR) is 73.8 cm³/mol. The third-order valence-electron chi connectivity index (χ3n) is 3.53. The van der Waals surface area contributed by atoms with Crippen molar-refractivity contribution in [2.45, 2.75) is 25.8 Å². The van der Waals surface area contributed by atoms with Gasteiger partial charge in [-0.1, -0.05) is 6.07 Å². The van der Waals surface area contributed by atoms with Crippen molar-refractivity contribution in [3.8, 4) is 5.75 Å². The maximum absolute atomic E-state index is 13.8. The molecule has 0 aliphatic carbocycles. The Kier molecular flexibility index (Phi) is 4.20. The average molecular weight is 300 g/mol. The Balaban J connectivity index is 2.33. The maximum atomic E-state index is 13.8. The van der Waals surface area contributed by atoms with Crippen LogP contribution >= 0.6 is 0 Å². The second-order valence-electron chi connectivity index (χ2n) is 4.83. The number of phenols is 1.